The van der Waals surface area contributed by atoms with Crippen LogP contribution in [-0.2, 0) is 17.0 Å². The molecule has 1 aromatic heterocycles. The molecule has 108 valence electrons. The highest BCUT2D eigenvalue weighted by atomic mass is 32.2. The summed E-state index contributed by atoms with van der Waals surface area (Å²) in [6.07, 6.45) is -2.29. The summed E-state index contributed by atoms with van der Waals surface area (Å²) in [5.74, 6) is -0.120. The average Bonchev–Trinajstić information content (AvgIpc) is 2.26. The zero-order chi connectivity index (χ0) is 14.6. The Balaban J connectivity index is 2.69. The number of nitrogens with two attached hydrogens (primary N) is 1. The van der Waals surface area contributed by atoms with Crippen LogP contribution in [-0.4, -0.2) is 27.2 Å². The first-order chi connectivity index (χ1) is 8.70. The van der Waals surface area contributed by atoms with Gasteiger partial charge >= 0.3 is 6.18 Å². The molecule has 3 N–H and O–H groups in total. The monoisotopic (exact) mass is 295 g/mol. The Labute approximate surface area is 112 Å². The van der Waals surface area contributed by atoms with Gasteiger partial charge in [-0.2, -0.15) is 13.2 Å². The van der Waals surface area contributed by atoms with Gasteiger partial charge in [0.1, 0.15) is 11.6 Å². The van der Waals surface area contributed by atoms with Crippen LogP contribution in [0.1, 0.15) is 18.9 Å². The summed E-state index contributed by atoms with van der Waals surface area (Å²) in [4.78, 5) is 3.78. The van der Waals surface area contributed by atoms with E-state index in [1.165, 1.54) is 0 Å². The maximum Gasteiger partial charge on any atom is 0.416 e. The van der Waals surface area contributed by atoms with Crippen molar-refractivity contribution in [2.24, 2.45) is 0 Å². The van der Waals surface area contributed by atoms with Crippen LogP contribution in [0.4, 0.5) is 24.8 Å². The standard InChI is InChI=1S/C11H16F3N3OS/c1-7(19(2)18)3-4-16-10-6-8(11(12,13)14)5-9(15)17-10/h5-7H,3-4H2,1-2H3,(H3,15,16,17). The summed E-state index contributed by atoms with van der Waals surface area (Å²) in [6.45, 7) is 2.19. The Bertz CT molecular complexity index is 465. The van der Waals surface area contributed by atoms with Crippen LogP contribution in [0.15, 0.2) is 12.1 Å². The van der Waals surface area contributed by atoms with Crippen molar-refractivity contribution in [3.63, 3.8) is 0 Å². The molecular weight excluding hydrogens is 279 g/mol. The van der Waals surface area contributed by atoms with Crippen molar-refractivity contribution in [2.75, 3.05) is 23.9 Å². The molecule has 2 atom stereocenters. The van der Waals surface area contributed by atoms with Crippen molar-refractivity contribution in [1.29, 1.82) is 0 Å². The Kier molecular flexibility index (Phi) is 5.16. The minimum absolute atomic E-state index is 0.0318. The Morgan fingerprint density at radius 1 is 1.47 bits per heavy atom. The average molecular weight is 295 g/mol. The number of nitrogens with zero attached hydrogens (tertiary/aromatic N) is 1. The molecule has 1 heterocycles. The van der Waals surface area contributed by atoms with Gasteiger partial charge in [-0.3, -0.25) is 4.21 Å². The Morgan fingerprint density at radius 2 is 2.11 bits per heavy atom. The van der Waals surface area contributed by atoms with Gasteiger partial charge in [0.25, 0.3) is 0 Å². The quantitative estimate of drug-likeness (QED) is 0.874. The molecule has 0 aliphatic carbocycles. The predicted molar refractivity (Wildman–Crippen MR) is 70.3 cm³/mol. The summed E-state index contributed by atoms with van der Waals surface area (Å²) < 4.78 is 48.8. The molecule has 0 amide bonds. The highest BCUT2D eigenvalue weighted by Gasteiger charge is 2.31. The molecular formula is C11H16F3N3OS. The van der Waals surface area contributed by atoms with Gasteiger partial charge in [-0.25, -0.2) is 4.98 Å². The number of hydrogen-bond donors (Lipinski definition) is 2. The lowest BCUT2D eigenvalue weighted by atomic mass is 10.2. The first-order valence-electron chi connectivity index (χ1n) is 5.61. The number of pyridine rings is 1. The van der Waals surface area contributed by atoms with Gasteiger partial charge in [0, 0.05) is 28.9 Å². The number of alkyl halides is 3. The highest BCUT2D eigenvalue weighted by Crippen LogP contribution is 2.31. The summed E-state index contributed by atoms with van der Waals surface area (Å²) in [5.41, 5.74) is 4.50. The highest BCUT2D eigenvalue weighted by molar-refractivity contribution is 7.84. The Morgan fingerprint density at radius 3 is 2.63 bits per heavy atom. The number of nitrogens with one attached hydrogen (secondary N) is 1. The van der Waals surface area contributed by atoms with Gasteiger partial charge in [0.15, 0.2) is 0 Å². The van der Waals surface area contributed by atoms with Crippen molar-refractivity contribution in [3.8, 4) is 0 Å². The topological polar surface area (TPSA) is 68.0 Å². The van der Waals surface area contributed by atoms with E-state index in [0.717, 1.165) is 12.1 Å². The second-order valence-electron chi connectivity index (χ2n) is 4.19. The summed E-state index contributed by atoms with van der Waals surface area (Å²) in [5, 5.41) is 2.73. The fraction of sp³-hybridized carbons (Fsp3) is 0.545. The zero-order valence-corrected chi connectivity index (χ0v) is 11.4. The lowest BCUT2D eigenvalue weighted by Gasteiger charge is -2.12. The van der Waals surface area contributed by atoms with E-state index in [1.807, 2.05) is 6.92 Å². The number of aromatic nitrogens is 1. The minimum Gasteiger partial charge on any atom is -0.384 e. The van der Waals surface area contributed by atoms with E-state index in [-0.39, 0.29) is 16.9 Å². The smallest absolute Gasteiger partial charge is 0.384 e. The number of halogens is 3. The van der Waals surface area contributed by atoms with Gasteiger partial charge in [-0.1, -0.05) is 6.92 Å². The van der Waals surface area contributed by atoms with Crippen molar-refractivity contribution in [1.82, 2.24) is 4.98 Å². The molecule has 0 aromatic carbocycles. The van der Waals surface area contributed by atoms with Gasteiger partial charge in [0.05, 0.1) is 5.56 Å². The van der Waals surface area contributed by atoms with Gasteiger partial charge in [-0.15, -0.1) is 0 Å². The van der Waals surface area contributed by atoms with Crippen LogP contribution in [0.3, 0.4) is 0 Å². The summed E-state index contributed by atoms with van der Waals surface area (Å²) in [6, 6.07) is 1.69. The van der Waals surface area contributed by atoms with E-state index < -0.39 is 22.5 Å². The van der Waals surface area contributed by atoms with Crippen LogP contribution in [0.5, 0.6) is 0 Å². The third kappa shape index (κ3) is 5.06. The number of anilines is 2. The van der Waals surface area contributed by atoms with Crippen molar-refractivity contribution < 1.29 is 17.4 Å². The molecule has 0 spiro atoms. The molecule has 1 aromatic rings. The van der Waals surface area contributed by atoms with E-state index in [1.54, 1.807) is 6.26 Å². The number of nitrogen functional groups attached to an aromatic ring is 1. The molecule has 0 fully saturated rings. The zero-order valence-electron chi connectivity index (χ0n) is 10.6. The minimum atomic E-state index is -4.45. The summed E-state index contributed by atoms with van der Waals surface area (Å²) >= 11 is 0. The molecule has 0 aliphatic rings. The van der Waals surface area contributed by atoms with E-state index in [0.29, 0.717) is 13.0 Å². The first kappa shape index (κ1) is 15.7. The van der Waals surface area contributed by atoms with E-state index >= 15 is 0 Å². The van der Waals surface area contributed by atoms with E-state index in [9.17, 15) is 17.4 Å². The maximum absolute atomic E-state index is 12.6. The van der Waals surface area contributed by atoms with Crippen LogP contribution >= 0.6 is 0 Å². The van der Waals surface area contributed by atoms with Gasteiger partial charge in [-0.05, 0) is 18.6 Å². The van der Waals surface area contributed by atoms with Gasteiger partial charge in [0.2, 0.25) is 0 Å². The molecule has 0 saturated heterocycles. The van der Waals surface area contributed by atoms with Crippen LogP contribution in [0, 0.1) is 0 Å². The van der Waals surface area contributed by atoms with Crippen LogP contribution < -0.4 is 11.1 Å². The molecule has 0 bridgehead atoms. The van der Waals surface area contributed by atoms with Gasteiger partial charge < -0.3 is 11.1 Å². The molecule has 0 saturated carbocycles. The number of rotatable bonds is 5. The van der Waals surface area contributed by atoms with E-state index in [4.69, 9.17) is 5.73 Å². The van der Waals surface area contributed by atoms with E-state index in [2.05, 4.69) is 10.3 Å². The van der Waals surface area contributed by atoms with Crippen molar-refractivity contribution in [2.45, 2.75) is 24.8 Å². The molecule has 0 radical (unpaired) electrons. The third-order valence-corrected chi connectivity index (χ3v) is 3.97. The number of hydrogen-bond acceptors (Lipinski definition) is 4. The Hall–Kier alpha value is -1.31. The lowest BCUT2D eigenvalue weighted by Crippen LogP contribution is -2.16. The van der Waals surface area contributed by atoms with Crippen molar-refractivity contribution in [3.05, 3.63) is 17.7 Å². The molecule has 2 unspecified atom stereocenters. The van der Waals surface area contributed by atoms with Crippen LogP contribution in [0.25, 0.3) is 0 Å². The second kappa shape index (κ2) is 6.23. The molecule has 1 rings (SSSR count). The lowest BCUT2D eigenvalue weighted by molar-refractivity contribution is -0.137. The maximum atomic E-state index is 12.6. The molecule has 0 aliphatic heterocycles. The van der Waals surface area contributed by atoms with Crippen LogP contribution in [0.2, 0.25) is 0 Å². The largest absolute Gasteiger partial charge is 0.416 e. The normalized spacial score (nSPS) is 15.0. The fourth-order valence-corrected chi connectivity index (χ4v) is 1.83. The SMILES string of the molecule is CC(CCNc1cc(C(F)(F)F)cc(N)n1)S(C)=O. The fourth-order valence-electron chi connectivity index (χ4n) is 1.38. The molecule has 19 heavy (non-hydrogen) atoms. The van der Waals surface area contributed by atoms with Crippen molar-refractivity contribution >= 4 is 22.4 Å². The second-order valence-corrected chi connectivity index (χ2v) is 5.99. The first-order valence-corrected chi connectivity index (χ1v) is 7.23. The molecule has 8 heteroatoms. The predicted octanol–water partition coefficient (Wildman–Crippen LogP) is 2.25. The third-order valence-electron chi connectivity index (χ3n) is 2.60. The molecule has 4 nitrogen and oxygen atoms in total. The summed E-state index contributed by atoms with van der Waals surface area (Å²) in [7, 11) is -0.956.